The average molecular weight is 215 g/mol. The van der Waals surface area contributed by atoms with Gasteiger partial charge in [0.15, 0.2) is 0 Å². The number of unbranched alkanes of at least 4 members (excludes halogenated alkanes) is 3. The Morgan fingerprint density at radius 3 is 2.38 bits per heavy atom. The summed E-state index contributed by atoms with van der Waals surface area (Å²) in [6.07, 6.45) is 2.90. The highest BCUT2D eigenvalue weighted by Crippen LogP contribution is 2.35. The first-order valence-electron chi connectivity index (χ1n) is 4.10. The molecule has 0 aromatic rings. The van der Waals surface area contributed by atoms with Crippen LogP contribution in [0, 0.1) is 0 Å². The molecule has 0 spiro atoms. The van der Waals surface area contributed by atoms with E-state index in [1.807, 2.05) is 0 Å². The lowest BCUT2D eigenvalue weighted by molar-refractivity contribution is 0.193. The summed E-state index contributed by atoms with van der Waals surface area (Å²) in [6.45, 7) is 0.368. The Morgan fingerprint density at radius 1 is 1.23 bits per heavy atom. The van der Waals surface area contributed by atoms with E-state index in [1.54, 1.807) is 0 Å². The minimum absolute atomic E-state index is 0.0489. The van der Waals surface area contributed by atoms with Crippen LogP contribution in [0.3, 0.4) is 0 Å². The number of halogens is 1. The van der Waals surface area contributed by atoms with Crippen molar-refractivity contribution in [2.24, 2.45) is 0 Å². The average Bonchev–Trinajstić information content (AvgIpc) is 2.01. The molecule has 0 atom stereocenters. The Morgan fingerprint density at radius 2 is 1.85 bits per heavy atom. The Hall–Kier alpha value is -0.0000000000000000555. The van der Waals surface area contributed by atoms with Crippen molar-refractivity contribution in [1.82, 2.24) is 5.54 Å². The van der Waals surface area contributed by atoms with Crippen molar-refractivity contribution in [2.45, 2.75) is 25.7 Å². The van der Waals surface area contributed by atoms with E-state index >= 15 is 0 Å². The molecule has 80 valence electrons. The molecule has 0 fully saturated rings. The summed E-state index contributed by atoms with van der Waals surface area (Å²) in [5, 5.41) is 0. The molecule has 0 aliphatic rings. The van der Waals surface area contributed by atoms with Crippen LogP contribution >= 0.6 is 7.82 Å². The van der Waals surface area contributed by atoms with Crippen LogP contribution in [-0.4, -0.2) is 22.9 Å². The number of phosphoric ester groups is 1. The minimum atomic E-state index is -4.30. The van der Waals surface area contributed by atoms with Crippen LogP contribution in [0.1, 0.15) is 25.7 Å². The smallest absolute Gasteiger partial charge is 0.303 e. The molecular weight excluding hydrogens is 200 g/mol. The van der Waals surface area contributed by atoms with Gasteiger partial charge in [0.25, 0.3) is 0 Å². The van der Waals surface area contributed by atoms with E-state index < -0.39 is 7.82 Å². The van der Waals surface area contributed by atoms with Gasteiger partial charge >= 0.3 is 7.82 Å². The van der Waals surface area contributed by atoms with Gasteiger partial charge in [-0.05, 0) is 12.8 Å². The maximum atomic E-state index is 11.3. The number of nitrogens with one attached hydrogen (secondary N) is 1. The van der Waals surface area contributed by atoms with Crippen LogP contribution in [0.15, 0.2) is 0 Å². The SMILES string of the molecule is O=P(O)(O)OCCCCCCNF. The second-order valence-electron chi connectivity index (χ2n) is 2.62. The molecule has 3 N–H and O–H groups in total. The van der Waals surface area contributed by atoms with Gasteiger partial charge in [0.2, 0.25) is 0 Å². The summed E-state index contributed by atoms with van der Waals surface area (Å²) >= 11 is 0. The third kappa shape index (κ3) is 12.0. The highest BCUT2D eigenvalue weighted by atomic mass is 31.2. The monoisotopic (exact) mass is 215 g/mol. The zero-order valence-electron chi connectivity index (χ0n) is 7.28. The number of hydrogen-bond acceptors (Lipinski definition) is 3. The molecule has 0 heterocycles. The molecule has 0 aromatic heterocycles. The number of phosphoric acid groups is 1. The van der Waals surface area contributed by atoms with Crippen LogP contribution in [-0.2, 0) is 9.09 Å². The van der Waals surface area contributed by atoms with E-state index in [9.17, 15) is 9.05 Å². The Labute approximate surface area is 76.5 Å². The molecule has 0 bridgehead atoms. The highest BCUT2D eigenvalue weighted by Gasteiger charge is 2.12. The van der Waals surface area contributed by atoms with E-state index in [0.717, 1.165) is 12.8 Å². The number of hydrogen-bond donors (Lipinski definition) is 3. The largest absolute Gasteiger partial charge is 0.469 e. The quantitative estimate of drug-likeness (QED) is 0.321. The van der Waals surface area contributed by atoms with E-state index in [4.69, 9.17) is 9.79 Å². The van der Waals surface area contributed by atoms with Crippen molar-refractivity contribution < 1.29 is 23.4 Å². The topological polar surface area (TPSA) is 78.8 Å². The molecule has 0 radical (unpaired) electrons. The van der Waals surface area contributed by atoms with Gasteiger partial charge in [-0.15, -0.1) is 4.48 Å². The molecule has 0 aliphatic carbocycles. The first-order valence-corrected chi connectivity index (χ1v) is 5.63. The molecule has 0 amide bonds. The van der Waals surface area contributed by atoms with Gasteiger partial charge in [-0.25, -0.2) is 4.57 Å². The van der Waals surface area contributed by atoms with Crippen molar-refractivity contribution in [1.29, 1.82) is 0 Å². The first kappa shape index (κ1) is 13.0. The molecule has 13 heavy (non-hydrogen) atoms. The molecule has 0 aliphatic heterocycles. The summed E-state index contributed by atoms with van der Waals surface area (Å²) in [5.41, 5.74) is 1.53. The fraction of sp³-hybridized carbons (Fsp3) is 1.00. The second kappa shape index (κ2) is 7.41. The third-order valence-electron chi connectivity index (χ3n) is 1.43. The number of rotatable bonds is 8. The molecule has 0 saturated heterocycles. The predicted molar refractivity (Wildman–Crippen MR) is 45.6 cm³/mol. The first-order chi connectivity index (χ1) is 6.06. The fourth-order valence-electron chi connectivity index (χ4n) is 0.831. The second-order valence-corrected chi connectivity index (χ2v) is 3.86. The van der Waals surface area contributed by atoms with Crippen LogP contribution in [0.2, 0.25) is 0 Å². The lowest BCUT2D eigenvalue weighted by Crippen LogP contribution is -2.01. The van der Waals surface area contributed by atoms with Gasteiger partial charge in [-0.2, -0.15) is 5.54 Å². The van der Waals surface area contributed by atoms with Gasteiger partial charge < -0.3 is 9.79 Å². The van der Waals surface area contributed by atoms with Crippen molar-refractivity contribution >= 4 is 7.82 Å². The predicted octanol–water partition coefficient (Wildman–Crippen LogP) is 1.13. The summed E-state index contributed by atoms with van der Waals surface area (Å²) in [5.74, 6) is 0. The normalized spacial score (nSPS) is 11.9. The third-order valence-corrected chi connectivity index (χ3v) is 1.94. The van der Waals surface area contributed by atoms with Crippen LogP contribution in [0.25, 0.3) is 0 Å². The summed E-state index contributed by atoms with van der Waals surface area (Å²) in [7, 11) is -4.30. The summed E-state index contributed by atoms with van der Waals surface area (Å²) in [4.78, 5) is 16.6. The zero-order valence-corrected chi connectivity index (χ0v) is 8.17. The van der Waals surface area contributed by atoms with E-state index in [0.29, 0.717) is 19.4 Å². The van der Waals surface area contributed by atoms with E-state index in [2.05, 4.69) is 4.52 Å². The van der Waals surface area contributed by atoms with Crippen molar-refractivity contribution in [2.75, 3.05) is 13.2 Å². The lowest BCUT2D eigenvalue weighted by atomic mass is 10.2. The van der Waals surface area contributed by atoms with Gasteiger partial charge in [0.05, 0.1) is 6.61 Å². The Bertz CT molecular complexity index is 163. The summed E-state index contributed by atoms with van der Waals surface area (Å²) in [6, 6.07) is 0. The highest BCUT2D eigenvalue weighted by molar-refractivity contribution is 7.46. The van der Waals surface area contributed by atoms with Gasteiger partial charge in [0, 0.05) is 6.54 Å². The van der Waals surface area contributed by atoms with Gasteiger partial charge in [-0.3, -0.25) is 4.52 Å². The molecule has 0 saturated carbocycles. The minimum Gasteiger partial charge on any atom is -0.303 e. The van der Waals surface area contributed by atoms with Crippen LogP contribution in [0.5, 0.6) is 0 Å². The van der Waals surface area contributed by atoms with E-state index in [-0.39, 0.29) is 6.61 Å². The fourth-order valence-corrected chi connectivity index (χ4v) is 1.20. The van der Waals surface area contributed by atoms with Crippen molar-refractivity contribution in [3.8, 4) is 0 Å². The van der Waals surface area contributed by atoms with Crippen LogP contribution < -0.4 is 5.54 Å². The maximum Gasteiger partial charge on any atom is 0.469 e. The molecule has 0 aromatic carbocycles. The van der Waals surface area contributed by atoms with Crippen molar-refractivity contribution in [3.63, 3.8) is 0 Å². The van der Waals surface area contributed by atoms with E-state index in [1.165, 1.54) is 5.54 Å². The standard InChI is InChI=1S/C6H15FNO4P/c7-8-5-3-1-2-4-6-12-13(9,10)11/h8H,1-6H2,(H2,9,10,11). The molecule has 0 unspecified atom stereocenters. The molecule has 7 heteroatoms. The lowest BCUT2D eigenvalue weighted by Gasteiger charge is -2.04. The van der Waals surface area contributed by atoms with Gasteiger partial charge in [0.1, 0.15) is 0 Å². The molecule has 5 nitrogen and oxygen atoms in total. The summed E-state index contributed by atoms with van der Waals surface area (Å²) < 4.78 is 25.7. The maximum absolute atomic E-state index is 11.3. The van der Waals surface area contributed by atoms with Gasteiger partial charge in [-0.1, -0.05) is 12.8 Å². The zero-order chi connectivity index (χ0) is 10.2. The van der Waals surface area contributed by atoms with Crippen LogP contribution in [0.4, 0.5) is 4.48 Å². The van der Waals surface area contributed by atoms with Crippen molar-refractivity contribution in [3.05, 3.63) is 0 Å². The molecule has 0 rings (SSSR count). The Kier molecular flexibility index (Phi) is 7.41. The Balaban J connectivity index is 3.04. The molecular formula is C6H15FNO4P.